The van der Waals surface area contributed by atoms with E-state index in [2.05, 4.69) is 17.6 Å². The number of methoxy groups -OCH3 is 1. The van der Waals surface area contributed by atoms with Gasteiger partial charge in [0, 0.05) is 13.7 Å². The number of amides is 1. The Bertz CT molecular complexity index is 274. The maximum Gasteiger partial charge on any atom is 0.252 e. The summed E-state index contributed by atoms with van der Waals surface area (Å²) in [6.45, 7) is 4.73. The Kier molecular flexibility index (Phi) is 4.81. The molecular weight excluding hydrogens is 240 g/mol. The number of halogens is 1. The summed E-state index contributed by atoms with van der Waals surface area (Å²) in [7, 11) is 1.64. The fourth-order valence-electron chi connectivity index (χ4n) is 2.20. The van der Waals surface area contributed by atoms with Crippen molar-refractivity contribution >= 4 is 18.3 Å². The molecule has 0 spiro atoms. The standard InChI is InChI=1S/C12H22N2O2.ClH/c1-11(3-4-11)9-14-10(15)12(16-2)5-7-13-8-6-12;/h13H,3-9H2,1-2H3,(H,14,15);1H. The first-order valence-electron chi connectivity index (χ1n) is 6.14. The largest absolute Gasteiger partial charge is 0.368 e. The molecule has 2 rings (SSSR count). The summed E-state index contributed by atoms with van der Waals surface area (Å²) < 4.78 is 5.47. The van der Waals surface area contributed by atoms with Gasteiger partial charge in [-0.15, -0.1) is 12.4 Å². The summed E-state index contributed by atoms with van der Waals surface area (Å²) in [5.74, 6) is 0.0737. The van der Waals surface area contributed by atoms with E-state index in [0.717, 1.165) is 32.5 Å². The number of hydrogen-bond acceptors (Lipinski definition) is 3. The molecule has 5 heteroatoms. The second kappa shape index (κ2) is 5.55. The highest BCUT2D eigenvalue weighted by Gasteiger charge is 2.42. The molecule has 1 aliphatic carbocycles. The third-order valence-corrected chi connectivity index (χ3v) is 4.00. The van der Waals surface area contributed by atoms with Crippen molar-refractivity contribution in [2.45, 2.75) is 38.2 Å². The molecule has 0 atom stereocenters. The molecule has 0 radical (unpaired) electrons. The first-order valence-corrected chi connectivity index (χ1v) is 6.14. The Morgan fingerprint density at radius 1 is 1.29 bits per heavy atom. The molecule has 1 amide bonds. The number of hydrogen-bond donors (Lipinski definition) is 2. The predicted octanol–water partition coefficient (Wildman–Crippen LogP) is 1.09. The highest BCUT2D eigenvalue weighted by atomic mass is 35.5. The fourth-order valence-corrected chi connectivity index (χ4v) is 2.20. The lowest BCUT2D eigenvalue weighted by Crippen LogP contribution is -2.54. The van der Waals surface area contributed by atoms with Gasteiger partial charge in [-0.2, -0.15) is 0 Å². The summed E-state index contributed by atoms with van der Waals surface area (Å²) in [6, 6.07) is 0. The third kappa shape index (κ3) is 3.33. The number of piperidine rings is 1. The van der Waals surface area contributed by atoms with Gasteiger partial charge in [-0.25, -0.2) is 0 Å². The van der Waals surface area contributed by atoms with Gasteiger partial charge in [-0.3, -0.25) is 4.79 Å². The minimum absolute atomic E-state index is 0. The monoisotopic (exact) mass is 262 g/mol. The molecule has 0 aromatic rings. The van der Waals surface area contributed by atoms with Crippen molar-refractivity contribution in [2.75, 3.05) is 26.7 Å². The summed E-state index contributed by atoms with van der Waals surface area (Å²) >= 11 is 0. The van der Waals surface area contributed by atoms with E-state index < -0.39 is 5.60 Å². The van der Waals surface area contributed by atoms with Crippen LogP contribution >= 0.6 is 12.4 Å². The van der Waals surface area contributed by atoms with Crippen LogP contribution in [0.25, 0.3) is 0 Å². The summed E-state index contributed by atoms with van der Waals surface area (Å²) in [5, 5.41) is 6.31. The highest BCUT2D eigenvalue weighted by Crippen LogP contribution is 2.44. The Morgan fingerprint density at radius 3 is 2.35 bits per heavy atom. The minimum Gasteiger partial charge on any atom is -0.368 e. The number of carbonyl (C=O) groups is 1. The molecule has 2 fully saturated rings. The van der Waals surface area contributed by atoms with E-state index in [1.165, 1.54) is 12.8 Å². The van der Waals surface area contributed by atoms with E-state index in [1.807, 2.05) is 0 Å². The van der Waals surface area contributed by atoms with Gasteiger partial charge in [0.15, 0.2) is 0 Å². The second-order valence-corrected chi connectivity index (χ2v) is 5.44. The van der Waals surface area contributed by atoms with Crippen LogP contribution in [0.1, 0.15) is 32.6 Å². The topological polar surface area (TPSA) is 50.4 Å². The maximum atomic E-state index is 12.2. The van der Waals surface area contributed by atoms with Gasteiger partial charge in [-0.1, -0.05) is 6.92 Å². The number of carbonyl (C=O) groups excluding carboxylic acids is 1. The van der Waals surface area contributed by atoms with Crippen molar-refractivity contribution in [3.63, 3.8) is 0 Å². The Hall–Kier alpha value is -0.320. The maximum absolute atomic E-state index is 12.2. The molecule has 1 heterocycles. The molecule has 1 saturated heterocycles. The molecule has 0 aromatic heterocycles. The molecule has 4 nitrogen and oxygen atoms in total. The zero-order valence-electron chi connectivity index (χ0n) is 10.7. The molecule has 0 bridgehead atoms. The summed E-state index contributed by atoms with van der Waals surface area (Å²) in [5.41, 5.74) is -0.228. The van der Waals surface area contributed by atoms with Crippen molar-refractivity contribution in [1.29, 1.82) is 0 Å². The van der Waals surface area contributed by atoms with Crippen molar-refractivity contribution in [3.8, 4) is 0 Å². The van der Waals surface area contributed by atoms with Gasteiger partial charge in [0.1, 0.15) is 5.60 Å². The van der Waals surface area contributed by atoms with Crippen LogP contribution in [0.15, 0.2) is 0 Å². The summed E-state index contributed by atoms with van der Waals surface area (Å²) in [4.78, 5) is 12.2. The average molecular weight is 263 g/mol. The van der Waals surface area contributed by atoms with Gasteiger partial charge in [-0.05, 0) is 44.2 Å². The minimum atomic E-state index is -0.587. The molecule has 0 aromatic carbocycles. The van der Waals surface area contributed by atoms with E-state index >= 15 is 0 Å². The number of rotatable bonds is 4. The van der Waals surface area contributed by atoms with Crippen molar-refractivity contribution < 1.29 is 9.53 Å². The van der Waals surface area contributed by atoms with E-state index in [4.69, 9.17) is 4.74 Å². The number of ether oxygens (including phenoxy) is 1. The molecule has 2 N–H and O–H groups in total. The third-order valence-electron chi connectivity index (χ3n) is 4.00. The smallest absolute Gasteiger partial charge is 0.252 e. The van der Waals surface area contributed by atoms with Crippen LogP contribution in [0, 0.1) is 5.41 Å². The Morgan fingerprint density at radius 2 is 1.88 bits per heavy atom. The van der Waals surface area contributed by atoms with Crippen LogP contribution in [0.3, 0.4) is 0 Å². The lowest BCUT2D eigenvalue weighted by Gasteiger charge is -2.35. The van der Waals surface area contributed by atoms with Crippen LogP contribution in [0.4, 0.5) is 0 Å². The zero-order chi connectivity index (χ0) is 11.6. The normalized spacial score (nSPS) is 24.6. The molecule has 1 aliphatic heterocycles. The van der Waals surface area contributed by atoms with E-state index in [9.17, 15) is 4.79 Å². The van der Waals surface area contributed by atoms with Gasteiger partial charge in [0.25, 0.3) is 5.91 Å². The van der Waals surface area contributed by atoms with Crippen LogP contribution in [0.2, 0.25) is 0 Å². The van der Waals surface area contributed by atoms with E-state index in [0.29, 0.717) is 5.41 Å². The van der Waals surface area contributed by atoms with Crippen molar-refractivity contribution in [3.05, 3.63) is 0 Å². The van der Waals surface area contributed by atoms with Crippen LogP contribution in [0.5, 0.6) is 0 Å². The molecule has 0 unspecified atom stereocenters. The van der Waals surface area contributed by atoms with Gasteiger partial charge in [0.2, 0.25) is 0 Å². The molecule has 100 valence electrons. The SMILES string of the molecule is COC1(C(=O)NCC2(C)CC2)CCNCC1.Cl. The average Bonchev–Trinajstić information content (AvgIpc) is 3.06. The predicted molar refractivity (Wildman–Crippen MR) is 69.4 cm³/mol. The molecule has 1 saturated carbocycles. The first-order chi connectivity index (χ1) is 7.60. The van der Waals surface area contributed by atoms with Crippen molar-refractivity contribution in [1.82, 2.24) is 10.6 Å². The fraction of sp³-hybridized carbons (Fsp3) is 0.917. The van der Waals surface area contributed by atoms with Crippen LogP contribution in [-0.2, 0) is 9.53 Å². The molecular formula is C12H23ClN2O2. The number of nitrogens with one attached hydrogen (secondary N) is 2. The van der Waals surface area contributed by atoms with E-state index in [-0.39, 0.29) is 18.3 Å². The van der Waals surface area contributed by atoms with E-state index in [1.54, 1.807) is 7.11 Å². The Labute approximate surface area is 109 Å². The lowest BCUT2D eigenvalue weighted by atomic mass is 9.91. The van der Waals surface area contributed by atoms with Gasteiger partial charge in [0.05, 0.1) is 0 Å². The summed E-state index contributed by atoms with van der Waals surface area (Å²) in [6.07, 6.45) is 4.00. The molecule has 2 aliphatic rings. The van der Waals surface area contributed by atoms with Crippen molar-refractivity contribution in [2.24, 2.45) is 5.41 Å². The van der Waals surface area contributed by atoms with Crippen LogP contribution in [-0.4, -0.2) is 38.3 Å². The second-order valence-electron chi connectivity index (χ2n) is 5.44. The molecule has 17 heavy (non-hydrogen) atoms. The zero-order valence-corrected chi connectivity index (χ0v) is 11.5. The Balaban J connectivity index is 0.00000144. The lowest BCUT2D eigenvalue weighted by molar-refractivity contribution is -0.146. The quantitative estimate of drug-likeness (QED) is 0.798. The highest BCUT2D eigenvalue weighted by molar-refractivity contribution is 5.85. The first kappa shape index (κ1) is 14.7. The van der Waals surface area contributed by atoms with Gasteiger partial charge >= 0.3 is 0 Å². The van der Waals surface area contributed by atoms with Gasteiger partial charge < -0.3 is 15.4 Å². The van der Waals surface area contributed by atoms with Crippen LogP contribution < -0.4 is 10.6 Å².